The molecule has 60 heavy (non-hydrogen) atoms. The fourth-order valence-corrected chi connectivity index (χ4v) is 14.6. The van der Waals surface area contributed by atoms with E-state index in [9.17, 15) is 0 Å². The third-order valence-electron chi connectivity index (χ3n) is 12.5. The van der Waals surface area contributed by atoms with E-state index in [0.717, 1.165) is 50.1 Å². The van der Waals surface area contributed by atoms with Crippen molar-refractivity contribution in [1.29, 1.82) is 0 Å². The van der Waals surface area contributed by atoms with Crippen LogP contribution in [0.15, 0.2) is 235 Å². The van der Waals surface area contributed by atoms with Crippen molar-refractivity contribution in [2.75, 3.05) is 0 Å². The predicted octanol–water partition coefficient (Wildman–Crippen LogP) is 11.7. The molecule has 0 unspecified atom stereocenters. The molecule has 0 aliphatic rings. The largest absolute Gasteiger partial charge is 0.438 e. The number of rotatable bonds is 7. The second kappa shape index (κ2) is 13.7. The van der Waals surface area contributed by atoms with E-state index in [4.69, 9.17) is 4.42 Å². The van der Waals surface area contributed by atoms with Gasteiger partial charge in [-0.25, -0.2) is 0 Å². The van der Waals surface area contributed by atoms with Gasteiger partial charge in [0, 0.05) is 38.5 Å². The molecular formula is C56H38N2OSi. The number of para-hydroxylation sites is 5. The topological polar surface area (TPSA) is 23.0 Å². The molecule has 12 aromatic rings. The van der Waals surface area contributed by atoms with Crippen LogP contribution in [0.25, 0.3) is 77.3 Å². The van der Waals surface area contributed by atoms with Gasteiger partial charge < -0.3 is 8.98 Å². The Morgan fingerprint density at radius 1 is 0.317 bits per heavy atom. The van der Waals surface area contributed by atoms with Crippen LogP contribution in [-0.4, -0.2) is 17.2 Å². The zero-order chi connectivity index (χ0) is 39.6. The molecule has 0 spiro atoms. The average molecular weight is 783 g/mol. The van der Waals surface area contributed by atoms with Crippen LogP contribution in [0.5, 0.6) is 0 Å². The average Bonchev–Trinajstić information content (AvgIpc) is 3.98. The molecule has 0 amide bonds. The summed E-state index contributed by atoms with van der Waals surface area (Å²) < 4.78 is 11.6. The quantitative estimate of drug-likeness (QED) is 0.117. The molecule has 282 valence electrons. The lowest BCUT2D eigenvalue weighted by atomic mass is 10.0. The Hall–Kier alpha value is -7.66. The number of aromatic nitrogens is 2. The van der Waals surface area contributed by atoms with Gasteiger partial charge in [-0.3, -0.25) is 4.57 Å². The van der Waals surface area contributed by atoms with Gasteiger partial charge in [-0.1, -0.05) is 188 Å². The van der Waals surface area contributed by atoms with Crippen LogP contribution in [0, 0.1) is 0 Å². The predicted molar refractivity (Wildman–Crippen MR) is 254 cm³/mol. The fourth-order valence-electron chi connectivity index (χ4n) is 9.91. The maximum absolute atomic E-state index is 6.98. The smallest absolute Gasteiger partial charge is 0.213 e. The van der Waals surface area contributed by atoms with Gasteiger partial charge in [0.05, 0.1) is 21.9 Å². The number of nitrogens with zero attached hydrogens (tertiary/aromatic N) is 2. The van der Waals surface area contributed by atoms with Gasteiger partial charge in [-0.15, -0.1) is 0 Å². The van der Waals surface area contributed by atoms with Crippen molar-refractivity contribution in [2.45, 2.75) is 0 Å². The molecule has 0 saturated heterocycles. The van der Waals surface area contributed by atoms with Crippen LogP contribution in [0.4, 0.5) is 0 Å². The molecule has 0 N–H and O–H groups in total. The normalized spacial score (nSPS) is 12.0. The van der Waals surface area contributed by atoms with E-state index in [0.29, 0.717) is 0 Å². The number of fused-ring (bicyclic) bond motifs is 8. The summed E-state index contributed by atoms with van der Waals surface area (Å²) in [5.41, 5.74) is 9.79. The molecule has 9 aromatic carbocycles. The third kappa shape index (κ3) is 5.08. The molecule has 12 rings (SSSR count). The molecule has 3 aromatic heterocycles. The van der Waals surface area contributed by atoms with Crippen molar-refractivity contribution in [1.82, 2.24) is 9.13 Å². The van der Waals surface area contributed by atoms with Crippen LogP contribution in [0.2, 0.25) is 0 Å². The van der Waals surface area contributed by atoms with Crippen LogP contribution >= 0.6 is 0 Å². The zero-order valence-corrected chi connectivity index (χ0v) is 33.7. The highest BCUT2D eigenvalue weighted by Crippen LogP contribution is 2.42. The van der Waals surface area contributed by atoms with Crippen molar-refractivity contribution in [3.05, 3.63) is 231 Å². The standard InChI is InChI=1S/C56H38N2OSi/c1-4-17-40(18-5-1)58-53-30-15-12-25-49(53)54-50-27-16-26-46(55(50)59-56(54)58)39-31-35-44(36-32-39)60(42-19-6-2-7-20-42,43-21-8-3-9-22-43)45-37-33-41(34-38-45)57-51-28-13-10-23-47(51)48-24-11-14-29-52(48)57/h1-38H. The van der Waals surface area contributed by atoms with Gasteiger partial charge in [0.2, 0.25) is 5.71 Å². The monoisotopic (exact) mass is 782 g/mol. The first-order valence-corrected chi connectivity index (χ1v) is 22.6. The highest BCUT2D eigenvalue weighted by atomic mass is 28.3. The second-order valence-electron chi connectivity index (χ2n) is 15.6. The van der Waals surface area contributed by atoms with Crippen molar-refractivity contribution in [3.8, 4) is 22.5 Å². The van der Waals surface area contributed by atoms with Gasteiger partial charge in [-0.05, 0) is 68.8 Å². The molecule has 0 aliphatic heterocycles. The lowest BCUT2D eigenvalue weighted by Crippen LogP contribution is -2.74. The minimum Gasteiger partial charge on any atom is -0.438 e. The van der Waals surface area contributed by atoms with Crippen LogP contribution in [0.1, 0.15) is 0 Å². The Kier molecular flexibility index (Phi) is 7.87. The molecule has 0 aliphatic carbocycles. The maximum Gasteiger partial charge on any atom is 0.213 e. The number of hydrogen-bond donors (Lipinski definition) is 0. The molecule has 3 heterocycles. The van der Waals surface area contributed by atoms with Crippen LogP contribution < -0.4 is 20.7 Å². The van der Waals surface area contributed by atoms with Crippen LogP contribution in [-0.2, 0) is 0 Å². The Labute approximate surface area is 348 Å². The van der Waals surface area contributed by atoms with Crippen molar-refractivity contribution in [2.24, 2.45) is 0 Å². The Morgan fingerprint density at radius 3 is 1.33 bits per heavy atom. The molecule has 4 heteroatoms. The van der Waals surface area contributed by atoms with Crippen molar-refractivity contribution >= 4 is 83.6 Å². The summed E-state index contributed by atoms with van der Waals surface area (Å²) in [6.07, 6.45) is 0. The molecule has 0 radical (unpaired) electrons. The highest BCUT2D eigenvalue weighted by molar-refractivity contribution is 7.19. The first-order valence-electron chi connectivity index (χ1n) is 20.6. The van der Waals surface area contributed by atoms with E-state index in [1.165, 1.54) is 47.9 Å². The van der Waals surface area contributed by atoms with E-state index >= 15 is 0 Å². The lowest BCUT2D eigenvalue weighted by molar-refractivity contribution is 0.646. The van der Waals surface area contributed by atoms with Gasteiger partial charge >= 0.3 is 0 Å². The summed E-state index contributed by atoms with van der Waals surface area (Å²) in [7, 11) is -2.82. The molecule has 3 nitrogen and oxygen atoms in total. The Morgan fingerprint density at radius 2 is 0.750 bits per heavy atom. The minimum atomic E-state index is -2.82. The summed E-state index contributed by atoms with van der Waals surface area (Å²) in [6, 6.07) is 84.3. The summed E-state index contributed by atoms with van der Waals surface area (Å²) in [5.74, 6) is 0. The maximum atomic E-state index is 6.98. The number of benzene rings is 9. The van der Waals surface area contributed by atoms with E-state index < -0.39 is 8.07 Å². The summed E-state index contributed by atoms with van der Waals surface area (Å²) in [6.45, 7) is 0. The third-order valence-corrected chi connectivity index (χ3v) is 17.3. The summed E-state index contributed by atoms with van der Waals surface area (Å²) >= 11 is 0. The molecule has 0 fully saturated rings. The summed E-state index contributed by atoms with van der Waals surface area (Å²) in [4.78, 5) is 0. The van der Waals surface area contributed by atoms with Gasteiger partial charge in [-0.2, -0.15) is 0 Å². The minimum absolute atomic E-state index is 0.866. The Balaban J connectivity index is 1.04. The molecule has 0 atom stereocenters. The molecule has 0 saturated carbocycles. The molecule has 0 bridgehead atoms. The van der Waals surface area contributed by atoms with Crippen LogP contribution in [0.3, 0.4) is 0 Å². The number of furan rings is 1. The fraction of sp³-hybridized carbons (Fsp3) is 0. The summed E-state index contributed by atoms with van der Waals surface area (Å²) in [5, 5.41) is 11.3. The van der Waals surface area contributed by atoms with Crippen molar-refractivity contribution < 1.29 is 4.42 Å². The van der Waals surface area contributed by atoms with Crippen molar-refractivity contribution in [3.63, 3.8) is 0 Å². The number of hydrogen-bond acceptors (Lipinski definition) is 1. The Bertz CT molecular complexity index is 3420. The second-order valence-corrected chi connectivity index (χ2v) is 19.4. The lowest BCUT2D eigenvalue weighted by Gasteiger charge is -2.34. The van der Waals surface area contributed by atoms with Gasteiger partial charge in [0.1, 0.15) is 5.58 Å². The zero-order valence-electron chi connectivity index (χ0n) is 32.7. The van der Waals surface area contributed by atoms with Gasteiger partial charge in [0.25, 0.3) is 0 Å². The first kappa shape index (κ1) is 34.4. The van der Waals surface area contributed by atoms with Gasteiger partial charge in [0.15, 0.2) is 8.07 Å². The SMILES string of the molecule is c1ccc(-n2c3ccccc3c3c4cccc(-c5ccc([Si](c6ccccc6)(c6ccccc6)c6ccc(-n7c8ccccc8c8ccccc87)cc6)cc5)c4oc32)cc1. The highest BCUT2D eigenvalue weighted by Gasteiger charge is 2.41. The van der Waals surface area contributed by atoms with E-state index in [-0.39, 0.29) is 0 Å². The van der Waals surface area contributed by atoms with E-state index in [2.05, 4.69) is 240 Å². The van der Waals surface area contributed by atoms with E-state index in [1.807, 2.05) is 0 Å². The molecular weight excluding hydrogens is 745 g/mol. The van der Waals surface area contributed by atoms with E-state index in [1.54, 1.807) is 0 Å². The first-order chi connectivity index (χ1) is 29.8.